The molecule has 1 fully saturated rings. The van der Waals surface area contributed by atoms with Gasteiger partial charge in [-0.15, -0.1) is 0 Å². The summed E-state index contributed by atoms with van der Waals surface area (Å²) in [5.41, 5.74) is 1.22. The summed E-state index contributed by atoms with van der Waals surface area (Å²) in [6.07, 6.45) is 3.63. The first-order chi connectivity index (χ1) is 5.47. The smallest absolute Gasteiger partial charge is 0.0513 e. The van der Waals surface area contributed by atoms with Crippen LogP contribution in [-0.2, 0) is 0 Å². The van der Waals surface area contributed by atoms with Crippen molar-refractivity contribution in [1.29, 1.82) is 0 Å². The van der Waals surface area contributed by atoms with Crippen LogP contribution in [0, 0.1) is 0 Å². The predicted octanol–water partition coefficient (Wildman–Crippen LogP) is 1.05. The lowest BCUT2D eigenvalue weighted by atomic mass is 10.4. The van der Waals surface area contributed by atoms with Crippen molar-refractivity contribution in [3.63, 3.8) is 0 Å². The molecule has 0 saturated carbocycles. The molecule has 58 valence electrons. The second-order valence-corrected chi connectivity index (χ2v) is 3.21. The van der Waals surface area contributed by atoms with Crippen LogP contribution in [0.4, 0.5) is 5.69 Å². The molecule has 1 saturated heterocycles. The zero-order valence-electron chi connectivity index (χ0n) is 6.03. The summed E-state index contributed by atoms with van der Waals surface area (Å²) in [5, 5.41) is 0. The molecule has 1 N–H and O–H groups in total. The van der Waals surface area contributed by atoms with E-state index >= 15 is 0 Å². The fourth-order valence-corrected chi connectivity index (χ4v) is 1.76. The Hall–Kier alpha value is -0.740. The summed E-state index contributed by atoms with van der Waals surface area (Å²) in [4.78, 5) is 3.96. The molecule has 0 spiro atoms. The van der Waals surface area contributed by atoms with Gasteiger partial charge in [0.2, 0.25) is 0 Å². The molecule has 1 aliphatic heterocycles. The van der Waals surface area contributed by atoms with E-state index in [1.54, 1.807) is 12.1 Å². The van der Waals surface area contributed by atoms with Crippen molar-refractivity contribution in [2.24, 2.45) is 0 Å². The molecule has 0 aliphatic carbocycles. The lowest BCUT2D eigenvalue weighted by molar-refractivity contribution is 0.978. The van der Waals surface area contributed by atoms with E-state index in [9.17, 15) is 0 Å². The lowest BCUT2D eigenvalue weighted by Crippen LogP contribution is -2.09. The molecule has 1 aromatic rings. The number of aromatic nitrogens is 1. The normalized spacial score (nSPS) is 17.3. The highest BCUT2D eigenvalue weighted by Gasteiger charge is 2.11. The van der Waals surface area contributed by atoms with Crippen LogP contribution in [0.3, 0.4) is 0 Å². The summed E-state index contributed by atoms with van der Waals surface area (Å²) in [6, 6.07) is 4.03. The fourth-order valence-electron chi connectivity index (χ4n) is 1.01. The van der Waals surface area contributed by atoms with Gasteiger partial charge in [-0.25, -0.2) is 4.72 Å². The van der Waals surface area contributed by atoms with Gasteiger partial charge in [-0.05, 0) is 12.1 Å². The first-order valence-electron chi connectivity index (χ1n) is 3.54. The fraction of sp³-hybridized carbons (Fsp3) is 0.286. The van der Waals surface area contributed by atoms with Crippen LogP contribution in [0.1, 0.15) is 0 Å². The van der Waals surface area contributed by atoms with Gasteiger partial charge in [0, 0.05) is 37.6 Å². The average Bonchev–Trinajstić information content (AvgIpc) is 2.58. The van der Waals surface area contributed by atoms with Crippen LogP contribution in [-0.4, -0.2) is 18.1 Å². The van der Waals surface area contributed by atoms with Crippen LogP contribution in [0.25, 0.3) is 0 Å². The highest BCUT2D eigenvalue weighted by molar-refractivity contribution is 7.99. The van der Waals surface area contributed by atoms with Crippen LogP contribution in [0.5, 0.6) is 0 Å². The quantitative estimate of drug-likeness (QED) is 0.633. The molecule has 0 amide bonds. The van der Waals surface area contributed by atoms with E-state index in [-0.39, 0.29) is 0 Å². The summed E-state index contributed by atoms with van der Waals surface area (Å²) >= 11 is 1.65. The molecule has 2 heterocycles. The molecule has 0 aromatic carbocycles. The van der Waals surface area contributed by atoms with E-state index in [0.29, 0.717) is 0 Å². The second-order valence-electron chi connectivity index (χ2n) is 2.29. The predicted molar refractivity (Wildman–Crippen MR) is 47.2 cm³/mol. The molecule has 0 atom stereocenters. The molecular formula is C7H9N3S. The average molecular weight is 167 g/mol. The number of pyridine rings is 1. The van der Waals surface area contributed by atoms with Gasteiger partial charge in [0.15, 0.2) is 0 Å². The van der Waals surface area contributed by atoms with Crippen molar-refractivity contribution in [1.82, 2.24) is 9.71 Å². The highest BCUT2D eigenvalue weighted by atomic mass is 32.2. The zero-order chi connectivity index (χ0) is 7.52. The highest BCUT2D eigenvalue weighted by Crippen LogP contribution is 2.21. The number of nitrogens with zero attached hydrogens (tertiary/aromatic N) is 2. The van der Waals surface area contributed by atoms with Crippen LogP contribution >= 0.6 is 12.1 Å². The Morgan fingerprint density at radius 2 is 2.27 bits per heavy atom. The van der Waals surface area contributed by atoms with Gasteiger partial charge >= 0.3 is 0 Å². The van der Waals surface area contributed by atoms with E-state index < -0.39 is 0 Å². The molecule has 0 bridgehead atoms. The SMILES string of the molecule is c1cc(N2CCNS2)ccn1. The minimum atomic E-state index is 1.05. The third-order valence-corrected chi connectivity index (χ3v) is 2.49. The first-order valence-corrected chi connectivity index (χ1v) is 4.31. The monoisotopic (exact) mass is 167 g/mol. The van der Waals surface area contributed by atoms with Crippen molar-refractivity contribution in [3.8, 4) is 0 Å². The maximum Gasteiger partial charge on any atom is 0.0513 e. The van der Waals surface area contributed by atoms with Gasteiger partial charge in [-0.3, -0.25) is 4.98 Å². The van der Waals surface area contributed by atoms with Crippen molar-refractivity contribution >= 4 is 17.8 Å². The van der Waals surface area contributed by atoms with Gasteiger partial charge in [0.1, 0.15) is 0 Å². The van der Waals surface area contributed by atoms with Gasteiger partial charge in [0.05, 0.1) is 5.69 Å². The molecule has 1 aliphatic rings. The zero-order valence-corrected chi connectivity index (χ0v) is 6.84. The van der Waals surface area contributed by atoms with Gasteiger partial charge in [-0.2, -0.15) is 0 Å². The lowest BCUT2D eigenvalue weighted by Gasteiger charge is -2.12. The molecular weight excluding hydrogens is 158 g/mol. The Kier molecular flexibility index (Phi) is 1.96. The van der Waals surface area contributed by atoms with Crippen molar-refractivity contribution in [2.75, 3.05) is 17.4 Å². The number of hydrogen-bond donors (Lipinski definition) is 1. The molecule has 11 heavy (non-hydrogen) atoms. The Bertz CT molecular complexity index is 220. The maximum atomic E-state index is 3.96. The Labute approximate surface area is 70.1 Å². The third-order valence-electron chi connectivity index (χ3n) is 1.54. The first kappa shape index (κ1) is 6.94. The summed E-state index contributed by atoms with van der Waals surface area (Å²) < 4.78 is 5.40. The van der Waals surface area contributed by atoms with Gasteiger partial charge < -0.3 is 4.31 Å². The summed E-state index contributed by atoms with van der Waals surface area (Å²) in [5.74, 6) is 0. The van der Waals surface area contributed by atoms with Crippen molar-refractivity contribution < 1.29 is 0 Å². The Morgan fingerprint density at radius 3 is 2.91 bits per heavy atom. The minimum Gasteiger partial charge on any atom is -0.302 e. The van der Waals surface area contributed by atoms with E-state index in [2.05, 4.69) is 14.0 Å². The molecule has 0 unspecified atom stereocenters. The van der Waals surface area contributed by atoms with Crippen LogP contribution < -0.4 is 9.03 Å². The summed E-state index contributed by atoms with van der Waals surface area (Å²) in [6.45, 7) is 2.11. The van der Waals surface area contributed by atoms with E-state index in [0.717, 1.165) is 13.1 Å². The molecule has 2 rings (SSSR count). The molecule has 4 heteroatoms. The Morgan fingerprint density at radius 1 is 1.45 bits per heavy atom. The molecule has 3 nitrogen and oxygen atoms in total. The van der Waals surface area contributed by atoms with Gasteiger partial charge in [-0.1, -0.05) is 0 Å². The van der Waals surface area contributed by atoms with Crippen molar-refractivity contribution in [2.45, 2.75) is 0 Å². The number of hydrogen-bond acceptors (Lipinski definition) is 4. The standard InChI is InChI=1S/C7H9N3S/c1-3-8-4-2-7(1)10-6-5-9-11-10/h1-4,9H,5-6H2. The minimum absolute atomic E-state index is 1.05. The van der Waals surface area contributed by atoms with Crippen LogP contribution in [0.2, 0.25) is 0 Å². The third kappa shape index (κ3) is 1.46. The Balaban J connectivity index is 2.16. The number of nitrogens with one attached hydrogen (secondary N) is 1. The number of rotatable bonds is 1. The number of anilines is 1. The topological polar surface area (TPSA) is 28.2 Å². The summed E-state index contributed by atoms with van der Waals surface area (Å²) in [7, 11) is 0. The molecule has 0 radical (unpaired) electrons. The van der Waals surface area contributed by atoms with E-state index in [1.165, 1.54) is 5.69 Å². The van der Waals surface area contributed by atoms with E-state index in [1.807, 2.05) is 24.5 Å². The maximum absolute atomic E-state index is 3.96. The largest absolute Gasteiger partial charge is 0.302 e. The van der Waals surface area contributed by atoms with E-state index in [4.69, 9.17) is 0 Å². The van der Waals surface area contributed by atoms with Crippen molar-refractivity contribution in [3.05, 3.63) is 24.5 Å². The second kappa shape index (κ2) is 3.11. The van der Waals surface area contributed by atoms with Gasteiger partial charge in [0.25, 0.3) is 0 Å². The molecule has 1 aromatic heterocycles. The van der Waals surface area contributed by atoms with Crippen LogP contribution in [0.15, 0.2) is 24.5 Å².